The minimum atomic E-state index is -3.89. The highest BCUT2D eigenvalue weighted by atomic mass is 32.2. The number of hydrogen-bond acceptors (Lipinski definition) is 5. The smallest absolute Gasteiger partial charge is 0.340 e. The Morgan fingerprint density at radius 1 is 0.962 bits per heavy atom. The summed E-state index contributed by atoms with van der Waals surface area (Å²) in [4.78, 5) is 5.34. The Morgan fingerprint density at radius 2 is 1.73 bits per heavy atom. The summed E-state index contributed by atoms with van der Waals surface area (Å²) >= 11 is 1.67. The van der Waals surface area contributed by atoms with Crippen molar-refractivity contribution < 1.29 is 12.6 Å². The summed E-state index contributed by atoms with van der Waals surface area (Å²) in [5.41, 5.74) is 1.90. The summed E-state index contributed by atoms with van der Waals surface area (Å²) in [6.45, 7) is 1.89. The summed E-state index contributed by atoms with van der Waals surface area (Å²) in [5.74, 6) is 0.0513. The van der Waals surface area contributed by atoms with Crippen molar-refractivity contribution in [3.8, 4) is 16.3 Å². The van der Waals surface area contributed by atoms with Gasteiger partial charge in [-0.2, -0.15) is 8.42 Å². The molecule has 0 radical (unpaired) electrons. The topological polar surface area (TPSA) is 56.3 Å². The average molecular weight is 381 g/mol. The van der Waals surface area contributed by atoms with Gasteiger partial charge in [0.15, 0.2) is 0 Å². The van der Waals surface area contributed by atoms with Gasteiger partial charge >= 0.3 is 10.1 Å². The van der Waals surface area contributed by atoms with Crippen LogP contribution in [0.15, 0.2) is 77.8 Å². The molecular weight excluding hydrogens is 366 g/mol. The predicted octanol–water partition coefficient (Wildman–Crippen LogP) is 5.04. The number of rotatable bonds is 4. The van der Waals surface area contributed by atoms with E-state index in [1.807, 2.05) is 25.1 Å². The molecule has 0 aliphatic carbocycles. The second kappa shape index (κ2) is 6.55. The van der Waals surface area contributed by atoms with E-state index >= 15 is 0 Å². The van der Waals surface area contributed by atoms with Crippen molar-refractivity contribution in [1.29, 1.82) is 0 Å². The lowest BCUT2D eigenvalue weighted by atomic mass is 10.2. The van der Waals surface area contributed by atoms with E-state index in [2.05, 4.69) is 23.2 Å². The van der Waals surface area contributed by atoms with E-state index in [9.17, 15) is 8.42 Å². The number of pyridine rings is 1. The molecule has 6 heteroatoms. The van der Waals surface area contributed by atoms with Crippen molar-refractivity contribution in [2.75, 3.05) is 0 Å². The summed E-state index contributed by atoms with van der Waals surface area (Å²) in [5, 5.41) is 1.18. The number of fused-ring (bicyclic) bond motifs is 1. The maximum absolute atomic E-state index is 12.3. The van der Waals surface area contributed by atoms with E-state index in [0.29, 0.717) is 0 Å². The van der Waals surface area contributed by atoms with Crippen LogP contribution < -0.4 is 4.18 Å². The van der Waals surface area contributed by atoms with Gasteiger partial charge in [-0.05, 0) is 42.6 Å². The van der Waals surface area contributed by atoms with Gasteiger partial charge in [0.2, 0.25) is 5.88 Å². The van der Waals surface area contributed by atoms with Gasteiger partial charge in [-0.3, -0.25) is 0 Å². The molecule has 0 unspecified atom stereocenters. The fourth-order valence-corrected chi connectivity index (χ4v) is 4.51. The largest absolute Gasteiger partial charge is 0.358 e. The van der Waals surface area contributed by atoms with Crippen molar-refractivity contribution in [2.24, 2.45) is 0 Å². The quantitative estimate of drug-likeness (QED) is 0.465. The van der Waals surface area contributed by atoms with Crippen molar-refractivity contribution in [3.63, 3.8) is 0 Å². The third kappa shape index (κ3) is 3.34. The molecule has 130 valence electrons. The van der Waals surface area contributed by atoms with E-state index in [0.717, 1.165) is 16.0 Å². The van der Waals surface area contributed by atoms with Crippen LogP contribution in [0.4, 0.5) is 0 Å². The molecule has 4 rings (SSSR count). The Hall–Kier alpha value is -2.70. The first-order valence-corrected chi connectivity index (χ1v) is 10.2. The van der Waals surface area contributed by atoms with Gasteiger partial charge in [-0.25, -0.2) is 4.98 Å². The first kappa shape index (κ1) is 16.8. The first-order chi connectivity index (χ1) is 12.5. The van der Waals surface area contributed by atoms with Crippen LogP contribution in [-0.4, -0.2) is 13.4 Å². The van der Waals surface area contributed by atoms with Gasteiger partial charge in [-0.1, -0.05) is 35.9 Å². The van der Waals surface area contributed by atoms with Gasteiger partial charge < -0.3 is 4.18 Å². The number of aryl methyl sites for hydroxylation is 1. The minimum absolute atomic E-state index is 0.0513. The van der Waals surface area contributed by atoms with Gasteiger partial charge in [0.25, 0.3) is 0 Å². The Morgan fingerprint density at radius 3 is 2.42 bits per heavy atom. The second-order valence-corrected chi connectivity index (χ2v) is 8.51. The van der Waals surface area contributed by atoms with Gasteiger partial charge in [0.05, 0.1) is 0 Å². The summed E-state index contributed by atoms with van der Waals surface area (Å²) < 4.78 is 31.0. The van der Waals surface area contributed by atoms with Crippen LogP contribution in [0.5, 0.6) is 5.88 Å². The van der Waals surface area contributed by atoms with Crippen LogP contribution in [0, 0.1) is 6.92 Å². The zero-order valence-corrected chi connectivity index (χ0v) is 15.5. The molecule has 0 bridgehead atoms. The van der Waals surface area contributed by atoms with E-state index < -0.39 is 10.1 Å². The third-order valence-electron chi connectivity index (χ3n) is 3.95. The SMILES string of the molecule is Cc1ccc(S(=O)(=O)Oc2ccc(-c3cc4ccccc4s3)cn2)cc1. The summed E-state index contributed by atoms with van der Waals surface area (Å²) in [7, 11) is -3.89. The molecule has 4 aromatic rings. The van der Waals surface area contributed by atoms with Crippen molar-refractivity contribution in [2.45, 2.75) is 11.8 Å². The molecule has 0 aliphatic rings. The first-order valence-electron chi connectivity index (χ1n) is 7.97. The predicted molar refractivity (Wildman–Crippen MR) is 104 cm³/mol. The molecule has 0 amide bonds. The molecule has 2 aromatic carbocycles. The maximum Gasteiger partial charge on any atom is 0.340 e. The standard InChI is InChI=1S/C20H15NO3S2/c1-14-6-9-17(10-7-14)26(22,23)24-20-11-8-16(13-21-20)19-12-15-4-2-3-5-18(15)25-19/h2-13H,1H3. The minimum Gasteiger partial charge on any atom is -0.358 e. The number of hydrogen-bond donors (Lipinski definition) is 0. The van der Waals surface area contributed by atoms with Crippen molar-refractivity contribution in [3.05, 3.63) is 78.5 Å². The molecule has 0 aliphatic heterocycles. The molecule has 0 saturated heterocycles. The Kier molecular flexibility index (Phi) is 4.22. The number of benzene rings is 2. The van der Waals surface area contributed by atoms with Crippen LogP contribution in [0.3, 0.4) is 0 Å². The molecule has 0 N–H and O–H groups in total. The molecule has 0 saturated carbocycles. The highest BCUT2D eigenvalue weighted by Gasteiger charge is 2.17. The number of nitrogens with zero attached hydrogens (tertiary/aromatic N) is 1. The normalized spacial score (nSPS) is 11.6. The number of thiophene rings is 1. The molecule has 0 fully saturated rings. The molecule has 2 aromatic heterocycles. The Bertz CT molecular complexity index is 1130. The lowest BCUT2D eigenvalue weighted by molar-refractivity contribution is 0.476. The third-order valence-corrected chi connectivity index (χ3v) is 6.36. The fraction of sp³-hybridized carbons (Fsp3) is 0.0500. The van der Waals surface area contributed by atoms with Crippen molar-refractivity contribution >= 4 is 31.5 Å². The highest BCUT2D eigenvalue weighted by molar-refractivity contribution is 7.87. The molecule has 4 nitrogen and oxygen atoms in total. The van der Waals surface area contributed by atoms with Crippen LogP contribution >= 0.6 is 11.3 Å². The average Bonchev–Trinajstić information content (AvgIpc) is 3.06. The molecule has 2 heterocycles. The lowest BCUT2D eigenvalue weighted by Gasteiger charge is -2.06. The molecule has 0 atom stereocenters. The van der Waals surface area contributed by atoms with Crippen LogP contribution in [-0.2, 0) is 10.1 Å². The number of aromatic nitrogens is 1. The Labute approximate surface area is 155 Å². The summed E-state index contributed by atoms with van der Waals surface area (Å²) in [6.07, 6.45) is 1.63. The van der Waals surface area contributed by atoms with Gasteiger partial charge in [0.1, 0.15) is 4.90 Å². The van der Waals surface area contributed by atoms with Crippen molar-refractivity contribution in [1.82, 2.24) is 4.98 Å². The summed E-state index contributed by atoms with van der Waals surface area (Å²) in [6, 6.07) is 20.1. The highest BCUT2D eigenvalue weighted by Crippen LogP contribution is 2.33. The van der Waals surface area contributed by atoms with E-state index in [1.54, 1.807) is 35.7 Å². The molecule has 0 spiro atoms. The lowest BCUT2D eigenvalue weighted by Crippen LogP contribution is -2.10. The maximum atomic E-state index is 12.3. The van der Waals surface area contributed by atoms with Gasteiger partial charge in [0, 0.05) is 27.4 Å². The zero-order chi connectivity index (χ0) is 18.1. The second-order valence-electron chi connectivity index (χ2n) is 5.88. The van der Waals surface area contributed by atoms with Gasteiger partial charge in [-0.15, -0.1) is 11.3 Å². The van der Waals surface area contributed by atoms with E-state index in [-0.39, 0.29) is 10.8 Å². The molecular formula is C20H15NO3S2. The zero-order valence-electron chi connectivity index (χ0n) is 13.9. The fourth-order valence-electron chi connectivity index (χ4n) is 2.56. The Balaban J connectivity index is 1.58. The monoisotopic (exact) mass is 381 g/mol. The molecule has 26 heavy (non-hydrogen) atoms. The van der Waals surface area contributed by atoms with Crippen LogP contribution in [0.25, 0.3) is 20.5 Å². The van der Waals surface area contributed by atoms with Crippen LogP contribution in [0.2, 0.25) is 0 Å². The van der Waals surface area contributed by atoms with E-state index in [4.69, 9.17) is 4.18 Å². The van der Waals surface area contributed by atoms with E-state index in [1.165, 1.54) is 22.2 Å². The van der Waals surface area contributed by atoms with Crippen LogP contribution in [0.1, 0.15) is 5.56 Å².